The van der Waals surface area contributed by atoms with Gasteiger partial charge in [-0.25, -0.2) is 0 Å². The molecule has 0 N–H and O–H groups in total. The molecule has 0 saturated heterocycles. The van der Waals surface area contributed by atoms with Crippen LogP contribution in [0.1, 0.15) is 5.56 Å². The molecular formula is C11H12O3S. The minimum Gasteiger partial charge on any atom is -0.263 e. The normalized spacial score (nSPS) is 11.7. The molecule has 1 aromatic carbocycles. The molecule has 80 valence electrons. The van der Waals surface area contributed by atoms with Gasteiger partial charge in [-0.05, 0) is 11.6 Å². The topological polar surface area (TPSA) is 43.4 Å². The highest BCUT2D eigenvalue weighted by molar-refractivity contribution is 7.89. The fraction of sp³-hybridized carbons (Fsp3) is 0.0909. The lowest BCUT2D eigenvalue weighted by atomic mass is 10.2. The van der Waals surface area contributed by atoms with Crippen molar-refractivity contribution in [2.24, 2.45) is 0 Å². The Morgan fingerprint density at radius 2 is 1.93 bits per heavy atom. The fourth-order valence-electron chi connectivity index (χ4n) is 0.908. The molecule has 0 radical (unpaired) electrons. The van der Waals surface area contributed by atoms with E-state index in [1.54, 1.807) is 12.1 Å². The quantitative estimate of drug-likeness (QED) is 0.568. The van der Waals surface area contributed by atoms with Crippen LogP contribution in [0.15, 0.2) is 48.4 Å². The Labute approximate surface area is 89.8 Å². The van der Waals surface area contributed by atoms with E-state index in [2.05, 4.69) is 10.8 Å². The first-order valence-electron chi connectivity index (χ1n) is 4.37. The van der Waals surface area contributed by atoms with E-state index < -0.39 is 10.1 Å². The third-order valence-corrected chi connectivity index (χ3v) is 2.51. The summed E-state index contributed by atoms with van der Waals surface area (Å²) >= 11 is 0. The third-order valence-electron chi connectivity index (χ3n) is 1.58. The molecule has 0 aliphatic carbocycles. The van der Waals surface area contributed by atoms with Crippen molar-refractivity contribution in [1.82, 2.24) is 0 Å². The van der Waals surface area contributed by atoms with E-state index in [0.29, 0.717) is 0 Å². The zero-order valence-corrected chi connectivity index (χ0v) is 8.98. The van der Waals surface area contributed by atoms with Crippen LogP contribution >= 0.6 is 0 Å². The number of hydrogen-bond donors (Lipinski definition) is 0. The van der Waals surface area contributed by atoms with Crippen LogP contribution in [0, 0.1) is 0 Å². The summed E-state index contributed by atoms with van der Waals surface area (Å²) in [5.74, 6) is 0. The van der Waals surface area contributed by atoms with Crippen LogP contribution in [0.4, 0.5) is 0 Å². The summed E-state index contributed by atoms with van der Waals surface area (Å²) in [6.07, 6.45) is 2.87. The van der Waals surface area contributed by atoms with Crippen molar-refractivity contribution >= 4 is 16.2 Å². The lowest BCUT2D eigenvalue weighted by Gasteiger charge is -1.96. The van der Waals surface area contributed by atoms with Gasteiger partial charge >= 0.3 is 0 Å². The van der Waals surface area contributed by atoms with Crippen LogP contribution < -0.4 is 0 Å². The van der Waals surface area contributed by atoms with Gasteiger partial charge in [0.15, 0.2) is 0 Å². The average molecular weight is 224 g/mol. The maximum Gasteiger partial charge on any atom is 0.290 e. The van der Waals surface area contributed by atoms with Gasteiger partial charge in [-0.15, -0.1) is 6.58 Å². The van der Waals surface area contributed by atoms with Crippen molar-refractivity contribution in [2.75, 3.05) is 6.61 Å². The molecule has 4 heteroatoms. The Balaban J connectivity index is 2.69. The Bertz CT molecular complexity index is 432. The van der Waals surface area contributed by atoms with E-state index in [9.17, 15) is 8.42 Å². The Morgan fingerprint density at radius 1 is 1.27 bits per heavy atom. The number of hydrogen-bond acceptors (Lipinski definition) is 3. The molecular weight excluding hydrogens is 212 g/mol. The molecule has 0 spiro atoms. The highest BCUT2D eigenvalue weighted by Gasteiger charge is 2.03. The van der Waals surface area contributed by atoms with Crippen molar-refractivity contribution in [3.63, 3.8) is 0 Å². The Kier molecular flexibility index (Phi) is 4.27. The smallest absolute Gasteiger partial charge is 0.263 e. The zero-order valence-electron chi connectivity index (χ0n) is 8.17. The van der Waals surface area contributed by atoms with Gasteiger partial charge in [0, 0.05) is 0 Å². The van der Waals surface area contributed by atoms with Crippen LogP contribution in [0.5, 0.6) is 0 Å². The summed E-state index contributed by atoms with van der Waals surface area (Å²) in [5.41, 5.74) is 0.809. The minimum absolute atomic E-state index is 0.0124. The first kappa shape index (κ1) is 11.7. The van der Waals surface area contributed by atoms with E-state index in [1.165, 1.54) is 12.2 Å². The SMILES string of the molecule is C=CCOS(=O)(=O)C=Cc1ccccc1. The van der Waals surface area contributed by atoms with Crippen molar-refractivity contribution < 1.29 is 12.6 Å². The summed E-state index contributed by atoms with van der Waals surface area (Å²) < 4.78 is 27.0. The number of rotatable bonds is 5. The molecule has 0 aliphatic rings. The predicted octanol–water partition coefficient (Wildman–Crippen LogP) is 2.19. The summed E-state index contributed by atoms with van der Waals surface area (Å²) in [6.45, 7) is 3.36. The van der Waals surface area contributed by atoms with Crippen molar-refractivity contribution in [3.8, 4) is 0 Å². The first-order chi connectivity index (χ1) is 7.14. The summed E-state index contributed by atoms with van der Waals surface area (Å²) in [7, 11) is -3.59. The molecule has 1 rings (SSSR count). The maximum absolute atomic E-state index is 11.2. The van der Waals surface area contributed by atoms with Crippen LogP contribution in [0.2, 0.25) is 0 Å². The van der Waals surface area contributed by atoms with E-state index in [1.807, 2.05) is 18.2 Å². The molecule has 0 saturated carbocycles. The zero-order chi connectivity index (χ0) is 11.1. The molecule has 0 fully saturated rings. The molecule has 0 aromatic heterocycles. The molecule has 0 atom stereocenters. The van der Waals surface area contributed by atoms with Gasteiger partial charge in [0.2, 0.25) is 0 Å². The Hall–Kier alpha value is -1.39. The predicted molar refractivity (Wildman–Crippen MR) is 60.5 cm³/mol. The summed E-state index contributed by atoms with van der Waals surface area (Å²) in [6, 6.07) is 9.13. The van der Waals surface area contributed by atoms with Crippen molar-refractivity contribution in [3.05, 3.63) is 54.0 Å². The molecule has 3 nitrogen and oxygen atoms in total. The van der Waals surface area contributed by atoms with Gasteiger partial charge in [-0.2, -0.15) is 8.42 Å². The van der Waals surface area contributed by atoms with Gasteiger partial charge in [-0.3, -0.25) is 4.18 Å². The highest BCUT2D eigenvalue weighted by atomic mass is 32.2. The van der Waals surface area contributed by atoms with Gasteiger partial charge in [0.25, 0.3) is 10.1 Å². The van der Waals surface area contributed by atoms with Gasteiger partial charge in [-0.1, -0.05) is 36.4 Å². The van der Waals surface area contributed by atoms with E-state index in [-0.39, 0.29) is 6.61 Å². The summed E-state index contributed by atoms with van der Waals surface area (Å²) in [5, 5.41) is 1.03. The molecule has 0 heterocycles. The van der Waals surface area contributed by atoms with E-state index in [4.69, 9.17) is 0 Å². The van der Waals surface area contributed by atoms with Gasteiger partial charge in [0.1, 0.15) is 0 Å². The Morgan fingerprint density at radius 3 is 2.53 bits per heavy atom. The third kappa shape index (κ3) is 4.58. The lowest BCUT2D eigenvalue weighted by Crippen LogP contribution is -2.01. The van der Waals surface area contributed by atoms with Crippen molar-refractivity contribution in [1.29, 1.82) is 0 Å². The van der Waals surface area contributed by atoms with E-state index in [0.717, 1.165) is 11.0 Å². The van der Waals surface area contributed by atoms with Crippen LogP contribution in [-0.2, 0) is 14.3 Å². The van der Waals surface area contributed by atoms with Crippen LogP contribution in [0.3, 0.4) is 0 Å². The van der Waals surface area contributed by atoms with Crippen LogP contribution in [-0.4, -0.2) is 15.0 Å². The van der Waals surface area contributed by atoms with Gasteiger partial charge in [0.05, 0.1) is 12.0 Å². The molecule has 1 aromatic rings. The second kappa shape index (κ2) is 5.48. The first-order valence-corrected chi connectivity index (χ1v) is 5.84. The largest absolute Gasteiger partial charge is 0.290 e. The molecule has 0 bridgehead atoms. The molecule has 0 unspecified atom stereocenters. The van der Waals surface area contributed by atoms with Crippen molar-refractivity contribution in [2.45, 2.75) is 0 Å². The number of benzene rings is 1. The van der Waals surface area contributed by atoms with E-state index >= 15 is 0 Å². The summed E-state index contributed by atoms with van der Waals surface area (Å²) in [4.78, 5) is 0. The van der Waals surface area contributed by atoms with Crippen LogP contribution in [0.25, 0.3) is 6.08 Å². The average Bonchev–Trinajstić information content (AvgIpc) is 2.25. The lowest BCUT2D eigenvalue weighted by molar-refractivity contribution is 0.365. The second-order valence-corrected chi connectivity index (χ2v) is 4.27. The molecule has 15 heavy (non-hydrogen) atoms. The second-order valence-electron chi connectivity index (χ2n) is 2.78. The standard InChI is InChI=1S/C11H12O3S/c1-2-9-14-15(12,13)10-8-11-6-4-3-5-7-11/h2-8,10H,1,9H2. The van der Waals surface area contributed by atoms with Gasteiger partial charge < -0.3 is 0 Å². The fourth-order valence-corrected chi connectivity index (χ4v) is 1.60. The monoisotopic (exact) mass is 224 g/mol. The molecule has 0 amide bonds. The maximum atomic E-state index is 11.2. The minimum atomic E-state index is -3.59. The molecule has 0 aliphatic heterocycles. The highest BCUT2D eigenvalue weighted by Crippen LogP contribution is 2.04.